The molecule has 1 aliphatic heterocycles. The summed E-state index contributed by atoms with van der Waals surface area (Å²) >= 11 is 6.07. The maximum atomic E-state index is 12.9. The molecule has 1 N–H and O–H groups in total. The number of hydrogen-bond donors (Lipinski definition) is 1. The first-order valence-corrected chi connectivity index (χ1v) is 9.88. The molecule has 0 atom stereocenters. The van der Waals surface area contributed by atoms with Gasteiger partial charge in [0.05, 0.1) is 12.1 Å². The highest BCUT2D eigenvalue weighted by Crippen LogP contribution is 2.30. The highest BCUT2D eigenvalue weighted by molar-refractivity contribution is 6.32. The van der Waals surface area contributed by atoms with E-state index >= 15 is 0 Å². The second-order valence-electron chi connectivity index (χ2n) is 6.97. The molecule has 4 rings (SSSR count). The molecule has 0 bridgehead atoms. The molecule has 3 aromatic carbocycles. The summed E-state index contributed by atoms with van der Waals surface area (Å²) in [7, 11) is 1.52. The Morgan fingerprint density at radius 1 is 1.03 bits per heavy atom. The molecule has 1 aliphatic rings. The number of benzene rings is 3. The zero-order chi connectivity index (χ0) is 21.3. The predicted molar refractivity (Wildman–Crippen MR) is 115 cm³/mol. The third-order valence-electron chi connectivity index (χ3n) is 5.08. The van der Waals surface area contributed by atoms with Crippen LogP contribution in [0.1, 0.15) is 33.6 Å². The third kappa shape index (κ3) is 3.62. The van der Waals surface area contributed by atoms with Gasteiger partial charge < -0.3 is 10.1 Å². The van der Waals surface area contributed by atoms with Crippen molar-refractivity contribution < 1.29 is 19.1 Å². The number of nitrogens with zero attached hydrogens (tertiary/aromatic N) is 1. The summed E-state index contributed by atoms with van der Waals surface area (Å²) in [6.07, 6.45) is 0.512. The molecule has 3 amide bonds. The van der Waals surface area contributed by atoms with E-state index in [9.17, 15) is 14.4 Å². The minimum absolute atomic E-state index is 0.159. The molecule has 0 fully saturated rings. The van der Waals surface area contributed by atoms with Crippen LogP contribution in [0, 0.1) is 0 Å². The normalized spacial score (nSPS) is 12.9. The largest absolute Gasteiger partial charge is 0.495 e. The Bertz CT molecular complexity index is 1120. The van der Waals surface area contributed by atoms with Gasteiger partial charge in [0.1, 0.15) is 5.75 Å². The number of amides is 3. The zero-order valence-corrected chi connectivity index (χ0v) is 17.0. The fourth-order valence-electron chi connectivity index (χ4n) is 3.65. The number of halogens is 1. The standard InChI is InChI=1S/C23H19ClN2O4/c1-30-19-11-10-15(13-18(19)24)25-20(27)9-4-12-26-22(28)16-7-2-5-14-6-3-8-17(21(14)16)23(26)29/h2-3,5-8,10-11,13H,4,9,12H2,1H3,(H,25,27). The lowest BCUT2D eigenvalue weighted by Crippen LogP contribution is -2.41. The molecule has 0 aliphatic carbocycles. The van der Waals surface area contributed by atoms with Gasteiger partial charge in [-0.15, -0.1) is 0 Å². The van der Waals surface area contributed by atoms with Crippen LogP contribution in [0.25, 0.3) is 10.8 Å². The predicted octanol–water partition coefficient (Wildman–Crippen LogP) is 4.52. The van der Waals surface area contributed by atoms with Crippen LogP contribution in [0.3, 0.4) is 0 Å². The van der Waals surface area contributed by atoms with Crippen molar-refractivity contribution in [3.05, 3.63) is 70.7 Å². The van der Waals surface area contributed by atoms with Crippen molar-refractivity contribution in [3.63, 3.8) is 0 Å². The Morgan fingerprint density at radius 2 is 1.70 bits per heavy atom. The highest BCUT2D eigenvalue weighted by atomic mass is 35.5. The van der Waals surface area contributed by atoms with Gasteiger partial charge in [-0.3, -0.25) is 19.3 Å². The van der Waals surface area contributed by atoms with Crippen molar-refractivity contribution in [3.8, 4) is 5.75 Å². The first kappa shape index (κ1) is 19.9. The Labute approximate surface area is 178 Å². The molecule has 0 spiro atoms. The van der Waals surface area contributed by atoms with Gasteiger partial charge in [0.25, 0.3) is 11.8 Å². The first-order chi connectivity index (χ1) is 14.5. The molecule has 7 heteroatoms. The van der Waals surface area contributed by atoms with Crippen LogP contribution in [0.5, 0.6) is 5.75 Å². The van der Waals surface area contributed by atoms with Gasteiger partial charge in [-0.25, -0.2) is 0 Å². The van der Waals surface area contributed by atoms with Crippen molar-refractivity contribution >= 4 is 45.8 Å². The summed E-state index contributed by atoms with van der Waals surface area (Å²) in [5.74, 6) is -0.360. The van der Waals surface area contributed by atoms with Crippen molar-refractivity contribution in [2.75, 3.05) is 19.0 Å². The molecule has 0 saturated heterocycles. The molecule has 3 aromatic rings. The number of nitrogens with one attached hydrogen (secondary N) is 1. The number of ether oxygens (including phenoxy) is 1. The van der Waals surface area contributed by atoms with Crippen molar-refractivity contribution in [1.82, 2.24) is 4.90 Å². The lowest BCUT2D eigenvalue weighted by atomic mass is 9.94. The van der Waals surface area contributed by atoms with Crippen LogP contribution >= 0.6 is 11.6 Å². The van der Waals surface area contributed by atoms with Crippen molar-refractivity contribution in [2.24, 2.45) is 0 Å². The molecule has 30 heavy (non-hydrogen) atoms. The van der Waals surface area contributed by atoms with Crippen LogP contribution in [0.15, 0.2) is 54.6 Å². The summed E-state index contributed by atoms with van der Waals surface area (Å²) < 4.78 is 5.09. The lowest BCUT2D eigenvalue weighted by molar-refractivity contribution is -0.116. The number of methoxy groups -OCH3 is 1. The SMILES string of the molecule is COc1ccc(NC(=O)CCCN2C(=O)c3cccc4cccc(c34)C2=O)cc1Cl. The number of imide groups is 1. The monoisotopic (exact) mass is 422 g/mol. The summed E-state index contributed by atoms with van der Waals surface area (Å²) in [4.78, 5) is 39.2. The highest BCUT2D eigenvalue weighted by Gasteiger charge is 2.32. The molecule has 0 saturated carbocycles. The zero-order valence-electron chi connectivity index (χ0n) is 16.3. The molecular weight excluding hydrogens is 404 g/mol. The van der Waals surface area contributed by atoms with Gasteiger partial charge in [-0.2, -0.15) is 0 Å². The lowest BCUT2D eigenvalue weighted by Gasteiger charge is -2.27. The maximum absolute atomic E-state index is 12.9. The van der Waals surface area contributed by atoms with E-state index in [4.69, 9.17) is 16.3 Å². The molecule has 0 radical (unpaired) electrons. The van der Waals surface area contributed by atoms with Gasteiger partial charge in [0.15, 0.2) is 0 Å². The summed E-state index contributed by atoms with van der Waals surface area (Å²) in [6, 6.07) is 15.8. The van der Waals surface area contributed by atoms with E-state index in [-0.39, 0.29) is 30.7 Å². The minimum atomic E-state index is -0.327. The Morgan fingerprint density at radius 3 is 2.30 bits per heavy atom. The number of carbonyl (C=O) groups excluding carboxylic acids is 3. The van der Waals surface area contributed by atoms with E-state index in [0.717, 1.165) is 5.39 Å². The van der Waals surface area contributed by atoms with Crippen molar-refractivity contribution in [2.45, 2.75) is 12.8 Å². The molecule has 0 unspecified atom stereocenters. The fourth-order valence-corrected chi connectivity index (χ4v) is 3.91. The minimum Gasteiger partial charge on any atom is -0.495 e. The van der Waals surface area contributed by atoms with Crippen LogP contribution in [0.4, 0.5) is 5.69 Å². The average Bonchev–Trinajstić information content (AvgIpc) is 2.74. The van der Waals surface area contributed by atoms with Gasteiger partial charge in [0, 0.05) is 35.2 Å². The number of hydrogen-bond acceptors (Lipinski definition) is 4. The van der Waals surface area contributed by atoms with E-state index in [1.165, 1.54) is 12.0 Å². The Kier molecular flexibility index (Phi) is 5.42. The molecule has 1 heterocycles. The quantitative estimate of drug-likeness (QED) is 0.593. The van der Waals surface area contributed by atoms with Gasteiger partial charge >= 0.3 is 0 Å². The average molecular weight is 423 g/mol. The van der Waals surface area contributed by atoms with Crippen LogP contribution in [0.2, 0.25) is 5.02 Å². The maximum Gasteiger partial charge on any atom is 0.261 e. The summed E-state index contributed by atoms with van der Waals surface area (Å²) in [5, 5.41) is 4.71. The number of carbonyl (C=O) groups is 3. The van der Waals surface area contributed by atoms with E-state index in [2.05, 4.69) is 5.32 Å². The third-order valence-corrected chi connectivity index (χ3v) is 5.37. The van der Waals surface area contributed by atoms with Crippen LogP contribution < -0.4 is 10.1 Å². The molecule has 6 nitrogen and oxygen atoms in total. The summed E-state index contributed by atoms with van der Waals surface area (Å²) in [6.45, 7) is 0.166. The molecule has 0 aromatic heterocycles. The topological polar surface area (TPSA) is 75.7 Å². The second-order valence-corrected chi connectivity index (χ2v) is 7.38. The number of rotatable bonds is 6. The Balaban J connectivity index is 1.41. The first-order valence-electron chi connectivity index (χ1n) is 9.51. The van der Waals surface area contributed by atoms with E-state index in [0.29, 0.717) is 39.4 Å². The van der Waals surface area contributed by atoms with Gasteiger partial charge in [-0.05, 0) is 42.1 Å². The molecular formula is C23H19ClN2O4. The molecule has 152 valence electrons. The van der Waals surface area contributed by atoms with Gasteiger partial charge in [0.2, 0.25) is 5.91 Å². The smallest absolute Gasteiger partial charge is 0.261 e. The van der Waals surface area contributed by atoms with Crippen LogP contribution in [-0.2, 0) is 4.79 Å². The van der Waals surface area contributed by atoms with Crippen molar-refractivity contribution in [1.29, 1.82) is 0 Å². The fraction of sp³-hybridized carbons (Fsp3) is 0.174. The summed E-state index contributed by atoms with van der Waals surface area (Å²) in [5.41, 5.74) is 1.58. The number of anilines is 1. The Hall–Kier alpha value is -3.38. The van der Waals surface area contributed by atoms with Gasteiger partial charge in [-0.1, -0.05) is 35.9 Å². The van der Waals surface area contributed by atoms with Crippen LogP contribution in [-0.4, -0.2) is 36.3 Å². The van der Waals surface area contributed by atoms with E-state index in [1.807, 2.05) is 12.1 Å². The van der Waals surface area contributed by atoms with E-state index in [1.54, 1.807) is 42.5 Å². The van der Waals surface area contributed by atoms with E-state index < -0.39 is 0 Å². The second kappa shape index (κ2) is 8.16.